The molecule has 0 heterocycles. The molecule has 2 nitrogen and oxygen atoms in total. The van der Waals surface area contributed by atoms with Gasteiger partial charge < -0.3 is 5.32 Å². The van der Waals surface area contributed by atoms with Crippen molar-refractivity contribution in [3.05, 3.63) is 48.0 Å². The summed E-state index contributed by atoms with van der Waals surface area (Å²) >= 11 is 2.41. The van der Waals surface area contributed by atoms with E-state index in [0.717, 1.165) is 29.3 Å². The van der Waals surface area contributed by atoms with E-state index in [1.807, 2.05) is 42.5 Å². The van der Waals surface area contributed by atoms with Crippen LogP contribution < -0.4 is 5.32 Å². The van der Waals surface area contributed by atoms with Crippen LogP contribution in [0.4, 0.5) is 0 Å². The van der Waals surface area contributed by atoms with Crippen molar-refractivity contribution >= 4 is 39.3 Å². The van der Waals surface area contributed by atoms with Gasteiger partial charge in [-0.15, -0.1) is 0 Å². The number of hydrogen-bond acceptors (Lipinski definition) is 1. The van der Waals surface area contributed by atoms with Crippen LogP contribution in [0.2, 0.25) is 0 Å². The van der Waals surface area contributed by atoms with Gasteiger partial charge in [0.15, 0.2) is 0 Å². The summed E-state index contributed by atoms with van der Waals surface area (Å²) in [5.41, 5.74) is 0.773. The molecule has 2 aromatic rings. The normalized spacial score (nSPS) is 10.7. The lowest BCUT2D eigenvalue weighted by atomic mass is 10.0. The number of halogens is 1. The molecule has 0 bridgehead atoms. The molecule has 0 aliphatic rings. The number of unbranched alkanes of at least 4 members (excludes halogenated alkanes) is 3. The summed E-state index contributed by atoms with van der Waals surface area (Å²) in [6, 6.07) is 13.9. The van der Waals surface area contributed by atoms with Crippen molar-refractivity contribution in [3.8, 4) is 0 Å². The number of nitrogens with one attached hydrogen (secondary N) is 1. The monoisotopic (exact) mass is 381 g/mol. The lowest BCUT2D eigenvalue weighted by Crippen LogP contribution is -2.24. The second kappa shape index (κ2) is 8.25. The lowest BCUT2D eigenvalue weighted by molar-refractivity contribution is 0.0954. The van der Waals surface area contributed by atoms with Gasteiger partial charge in [0.2, 0.25) is 0 Å². The number of fused-ring (bicyclic) bond motifs is 1. The van der Waals surface area contributed by atoms with E-state index < -0.39 is 0 Å². The highest BCUT2D eigenvalue weighted by Gasteiger charge is 2.08. The van der Waals surface area contributed by atoms with Gasteiger partial charge in [0.05, 0.1) is 0 Å². The third-order valence-electron chi connectivity index (χ3n) is 3.38. The molecular formula is C17H20INO. The van der Waals surface area contributed by atoms with E-state index in [4.69, 9.17) is 0 Å². The second-order valence-electron chi connectivity index (χ2n) is 4.89. The Morgan fingerprint density at radius 2 is 1.70 bits per heavy atom. The molecule has 2 rings (SSSR count). The number of benzene rings is 2. The molecule has 106 valence electrons. The Balaban J connectivity index is 1.91. The minimum atomic E-state index is 0.0377. The molecule has 0 aliphatic carbocycles. The third kappa shape index (κ3) is 4.20. The predicted octanol–water partition coefficient (Wildman–Crippen LogP) is 4.57. The molecule has 20 heavy (non-hydrogen) atoms. The van der Waals surface area contributed by atoms with Crippen molar-refractivity contribution in [2.75, 3.05) is 11.0 Å². The fourth-order valence-electron chi connectivity index (χ4n) is 2.29. The van der Waals surface area contributed by atoms with Crippen LogP contribution in [0.15, 0.2) is 42.5 Å². The molecular weight excluding hydrogens is 361 g/mol. The predicted molar refractivity (Wildman–Crippen MR) is 93.6 cm³/mol. The standard InChI is InChI=1S/C17H20INO/c18-12-5-1-2-6-13-19-17(20)16-11-7-9-14-8-3-4-10-15(14)16/h3-4,7-11H,1-2,5-6,12-13H2,(H,19,20). The highest BCUT2D eigenvalue weighted by Crippen LogP contribution is 2.18. The zero-order valence-electron chi connectivity index (χ0n) is 11.6. The summed E-state index contributed by atoms with van der Waals surface area (Å²) in [7, 11) is 0. The molecule has 0 saturated carbocycles. The van der Waals surface area contributed by atoms with Gasteiger partial charge in [0.25, 0.3) is 5.91 Å². The molecule has 2 aromatic carbocycles. The topological polar surface area (TPSA) is 29.1 Å². The Bertz CT molecular complexity index is 562. The highest BCUT2D eigenvalue weighted by molar-refractivity contribution is 14.1. The number of alkyl halides is 1. The van der Waals surface area contributed by atoms with Crippen LogP contribution in [-0.4, -0.2) is 16.9 Å². The van der Waals surface area contributed by atoms with Crippen LogP contribution in [0.5, 0.6) is 0 Å². The van der Waals surface area contributed by atoms with Crippen LogP contribution in [0.3, 0.4) is 0 Å². The number of amides is 1. The van der Waals surface area contributed by atoms with Crippen LogP contribution in [0.25, 0.3) is 10.8 Å². The Labute approximate surface area is 134 Å². The van der Waals surface area contributed by atoms with Crippen molar-refractivity contribution in [3.63, 3.8) is 0 Å². The van der Waals surface area contributed by atoms with Gasteiger partial charge in [0, 0.05) is 12.1 Å². The van der Waals surface area contributed by atoms with Crippen molar-refractivity contribution < 1.29 is 4.79 Å². The summed E-state index contributed by atoms with van der Waals surface area (Å²) in [6.45, 7) is 0.767. The van der Waals surface area contributed by atoms with Crippen LogP contribution >= 0.6 is 22.6 Å². The van der Waals surface area contributed by atoms with E-state index in [1.54, 1.807) is 0 Å². The molecule has 0 saturated heterocycles. The summed E-state index contributed by atoms with van der Waals surface area (Å²) in [5.74, 6) is 0.0377. The summed E-state index contributed by atoms with van der Waals surface area (Å²) < 4.78 is 1.22. The van der Waals surface area contributed by atoms with E-state index >= 15 is 0 Å². The van der Waals surface area contributed by atoms with Gasteiger partial charge in [-0.1, -0.05) is 71.8 Å². The number of carbonyl (C=O) groups excluding carboxylic acids is 1. The Hall–Kier alpha value is -1.10. The third-order valence-corrected chi connectivity index (χ3v) is 4.14. The molecule has 1 amide bonds. The largest absolute Gasteiger partial charge is 0.352 e. The minimum Gasteiger partial charge on any atom is -0.352 e. The first-order valence-corrected chi connectivity index (χ1v) is 8.67. The zero-order chi connectivity index (χ0) is 14.2. The maximum atomic E-state index is 12.2. The summed E-state index contributed by atoms with van der Waals surface area (Å²) in [6.07, 6.45) is 4.79. The molecule has 1 N–H and O–H groups in total. The molecule has 0 aliphatic heterocycles. The van der Waals surface area contributed by atoms with Gasteiger partial charge in [-0.05, 0) is 34.1 Å². The SMILES string of the molecule is O=C(NCCCCCCI)c1cccc2ccccc12. The fraction of sp³-hybridized carbons (Fsp3) is 0.353. The molecule has 3 heteroatoms. The number of rotatable bonds is 7. The Morgan fingerprint density at radius 3 is 2.55 bits per heavy atom. The van der Waals surface area contributed by atoms with Crippen molar-refractivity contribution in [1.29, 1.82) is 0 Å². The van der Waals surface area contributed by atoms with Crippen LogP contribution in [0, 0.1) is 0 Å². The van der Waals surface area contributed by atoms with Gasteiger partial charge in [-0.2, -0.15) is 0 Å². The highest BCUT2D eigenvalue weighted by atomic mass is 127. The molecule has 0 aromatic heterocycles. The van der Waals surface area contributed by atoms with E-state index in [-0.39, 0.29) is 5.91 Å². The molecule has 0 spiro atoms. The first kappa shape index (κ1) is 15.3. The molecule has 0 fully saturated rings. The number of carbonyl (C=O) groups is 1. The quantitative estimate of drug-likeness (QED) is 0.425. The van der Waals surface area contributed by atoms with Gasteiger partial charge >= 0.3 is 0 Å². The first-order chi connectivity index (χ1) is 9.83. The lowest BCUT2D eigenvalue weighted by Gasteiger charge is -2.08. The van der Waals surface area contributed by atoms with Gasteiger partial charge in [0.1, 0.15) is 0 Å². The minimum absolute atomic E-state index is 0.0377. The smallest absolute Gasteiger partial charge is 0.251 e. The second-order valence-corrected chi connectivity index (χ2v) is 5.96. The first-order valence-electron chi connectivity index (χ1n) is 7.15. The maximum Gasteiger partial charge on any atom is 0.251 e. The average molecular weight is 381 g/mol. The molecule has 0 radical (unpaired) electrons. The Morgan fingerprint density at radius 1 is 0.950 bits per heavy atom. The van der Waals surface area contributed by atoms with E-state index in [9.17, 15) is 4.79 Å². The zero-order valence-corrected chi connectivity index (χ0v) is 13.7. The van der Waals surface area contributed by atoms with E-state index in [1.165, 1.54) is 23.7 Å². The average Bonchev–Trinajstić information content (AvgIpc) is 2.50. The number of hydrogen-bond donors (Lipinski definition) is 1. The summed E-state index contributed by atoms with van der Waals surface area (Å²) in [5, 5.41) is 5.17. The molecule has 0 atom stereocenters. The van der Waals surface area contributed by atoms with E-state index in [0.29, 0.717) is 0 Å². The van der Waals surface area contributed by atoms with Crippen LogP contribution in [0.1, 0.15) is 36.0 Å². The van der Waals surface area contributed by atoms with Gasteiger partial charge in [-0.25, -0.2) is 0 Å². The van der Waals surface area contributed by atoms with E-state index in [2.05, 4.69) is 27.9 Å². The fourth-order valence-corrected chi connectivity index (χ4v) is 2.83. The van der Waals surface area contributed by atoms with Crippen molar-refractivity contribution in [2.45, 2.75) is 25.7 Å². The van der Waals surface area contributed by atoms with Crippen LogP contribution in [-0.2, 0) is 0 Å². The van der Waals surface area contributed by atoms with Crippen molar-refractivity contribution in [1.82, 2.24) is 5.32 Å². The van der Waals surface area contributed by atoms with Gasteiger partial charge in [-0.3, -0.25) is 4.79 Å². The van der Waals surface area contributed by atoms with Crippen molar-refractivity contribution in [2.24, 2.45) is 0 Å². The Kier molecular flexibility index (Phi) is 6.30. The maximum absolute atomic E-state index is 12.2. The molecule has 0 unspecified atom stereocenters. The summed E-state index contributed by atoms with van der Waals surface area (Å²) in [4.78, 5) is 12.2.